The van der Waals surface area contributed by atoms with Crippen LogP contribution in [0, 0.1) is 10.1 Å². The molecule has 2 aromatic rings. The first-order valence-corrected chi connectivity index (χ1v) is 5.60. The van der Waals surface area contributed by atoms with E-state index in [1.165, 1.54) is 0 Å². The summed E-state index contributed by atoms with van der Waals surface area (Å²) in [5.74, 6) is 0. The van der Waals surface area contributed by atoms with E-state index in [1.807, 2.05) is 0 Å². The molecule has 1 heterocycles. The van der Waals surface area contributed by atoms with E-state index in [-0.39, 0.29) is 10.8 Å². The molecular formula is C12H10ClN3O2. The van der Waals surface area contributed by atoms with Gasteiger partial charge in [-0.3, -0.25) is 10.1 Å². The van der Waals surface area contributed by atoms with Crippen LogP contribution in [-0.4, -0.2) is 16.5 Å². The fraction of sp³-hybridized carbons (Fsp3) is 0.0833. The fourth-order valence-corrected chi connectivity index (χ4v) is 1.95. The van der Waals surface area contributed by atoms with Crippen molar-refractivity contribution in [3.63, 3.8) is 0 Å². The lowest BCUT2D eigenvalue weighted by atomic mass is 10.1. The molecule has 0 atom stereocenters. The van der Waals surface area contributed by atoms with E-state index in [1.54, 1.807) is 30.3 Å². The summed E-state index contributed by atoms with van der Waals surface area (Å²) >= 11 is 5.86. The van der Waals surface area contributed by atoms with Crippen molar-refractivity contribution in [1.82, 2.24) is 4.98 Å². The number of pyridine rings is 1. The van der Waals surface area contributed by atoms with E-state index >= 15 is 0 Å². The van der Waals surface area contributed by atoms with Crippen LogP contribution < -0.4 is 5.32 Å². The Morgan fingerprint density at radius 3 is 2.89 bits per heavy atom. The number of halogens is 1. The van der Waals surface area contributed by atoms with Gasteiger partial charge in [-0.25, -0.2) is 4.98 Å². The highest BCUT2D eigenvalue weighted by molar-refractivity contribution is 6.33. The predicted molar refractivity (Wildman–Crippen MR) is 72.1 cm³/mol. The second-order valence-electron chi connectivity index (χ2n) is 3.57. The number of hydrogen-bond acceptors (Lipinski definition) is 4. The van der Waals surface area contributed by atoms with Crippen LogP contribution in [0.1, 0.15) is 0 Å². The van der Waals surface area contributed by atoms with Crippen LogP contribution in [0.25, 0.3) is 10.9 Å². The zero-order valence-corrected chi connectivity index (χ0v) is 10.1. The molecule has 0 fully saturated rings. The molecule has 0 saturated heterocycles. The molecule has 0 aliphatic heterocycles. The molecule has 0 amide bonds. The lowest BCUT2D eigenvalue weighted by Crippen LogP contribution is -2.04. The van der Waals surface area contributed by atoms with E-state index in [9.17, 15) is 10.1 Å². The number of aromatic nitrogens is 1. The van der Waals surface area contributed by atoms with Crippen LogP contribution in [0.5, 0.6) is 0 Å². The molecule has 0 unspecified atom stereocenters. The Hall–Kier alpha value is -2.14. The first-order valence-electron chi connectivity index (χ1n) is 5.22. The molecule has 18 heavy (non-hydrogen) atoms. The molecule has 0 bridgehead atoms. The van der Waals surface area contributed by atoms with Gasteiger partial charge in [-0.05, 0) is 6.07 Å². The molecular weight excluding hydrogens is 254 g/mol. The number of para-hydroxylation sites is 1. The summed E-state index contributed by atoms with van der Waals surface area (Å²) in [7, 11) is 0. The third-order valence-corrected chi connectivity index (χ3v) is 2.69. The van der Waals surface area contributed by atoms with Crippen LogP contribution in [0.2, 0.25) is 5.15 Å². The van der Waals surface area contributed by atoms with Gasteiger partial charge in [0.05, 0.1) is 10.4 Å². The Balaban J connectivity index is 2.75. The standard InChI is InChI=1S/C12H10ClN3O2/c1-2-7-14-10-8-5-3-4-6-9(8)15-12(13)11(10)16(17)18/h2-6H,1,7H2,(H,14,15). The Kier molecular flexibility index (Phi) is 3.43. The van der Waals surface area contributed by atoms with Gasteiger partial charge in [0.25, 0.3) is 0 Å². The molecule has 1 aromatic carbocycles. The van der Waals surface area contributed by atoms with Gasteiger partial charge in [0.2, 0.25) is 5.15 Å². The third-order valence-electron chi connectivity index (χ3n) is 2.43. The van der Waals surface area contributed by atoms with Crippen molar-refractivity contribution in [2.45, 2.75) is 0 Å². The maximum Gasteiger partial charge on any atom is 0.329 e. The lowest BCUT2D eigenvalue weighted by Gasteiger charge is -2.09. The number of hydrogen-bond donors (Lipinski definition) is 1. The smallest absolute Gasteiger partial charge is 0.329 e. The van der Waals surface area contributed by atoms with Crippen molar-refractivity contribution in [2.75, 3.05) is 11.9 Å². The predicted octanol–water partition coefficient (Wildman–Crippen LogP) is 3.39. The van der Waals surface area contributed by atoms with Gasteiger partial charge >= 0.3 is 5.69 Å². The molecule has 5 nitrogen and oxygen atoms in total. The quantitative estimate of drug-likeness (QED) is 0.397. The first kappa shape index (κ1) is 12.3. The summed E-state index contributed by atoms with van der Waals surface area (Å²) in [5, 5.41) is 14.6. The SMILES string of the molecule is C=CCNc1c([N+](=O)[O-])c(Cl)nc2ccccc12. The topological polar surface area (TPSA) is 68.1 Å². The molecule has 1 N–H and O–H groups in total. The summed E-state index contributed by atoms with van der Waals surface area (Å²) in [6.45, 7) is 3.98. The number of nitrogens with one attached hydrogen (secondary N) is 1. The number of anilines is 1. The molecule has 2 rings (SSSR count). The van der Waals surface area contributed by atoms with E-state index in [2.05, 4.69) is 16.9 Å². The number of benzene rings is 1. The highest BCUT2D eigenvalue weighted by Crippen LogP contribution is 2.36. The summed E-state index contributed by atoms with van der Waals surface area (Å²) in [6, 6.07) is 7.11. The van der Waals surface area contributed by atoms with E-state index < -0.39 is 4.92 Å². The molecule has 6 heteroatoms. The zero-order valence-electron chi connectivity index (χ0n) is 9.39. The molecule has 0 radical (unpaired) electrons. The maximum absolute atomic E-state index is 11.1. The van der Waals surface area contributed by atoms with Crippen molar-refractivity contribution in [2.24, 2.45) is 0 Å². The molecule has 92 valence electrons. The summed E-state index contributed by atoms with van der Waals surface area (Å²) in [5.41, 5.74) is 0.771. The highest BCUT2D eigenvalue weighted by atomic mass is 35.5. The van der Waals surface area contributed by atoms with Crippen molar-refractivity contribution >= 4 is 33.9 Å². The third kappa shape index (κ3) is 2.12. The van der Waals surface area contributed by atoms with Crippen LogP contribution in [0.15, 0.2) is 36.9 Å². The highest BCUT2D eigenvalue weighted by Gasteiger charge is 2.23. The summed E-state index contributed by atoms with van der Waals surface area (Å²) in [6.07, 6.45) is 1.62. The first-order chi connectivity index (χ1) is 8.65. The van der Waals surface area contributed by atoms with Crippen LogP contribution in [0.4, 0.5) is 11.4 Å². The molecule has 0 aliphatic rings. The maximum atomic E-state index is 11.1. The number of fused-ring (bicyclic) bond motifs is 1. The van der Waals surface area contributed by atoms with Crippen LogP contribution in [0.3, 0.4) is 0 Å². The van der Waals surface area contributed by atoms with E-state index in [0.29, 0.717) is 23.1 Å². The summed E-state index contributed by atoms with van der Waals surface area (Å²) in [4.78, 5) is 14.6. The minimum absolute atomic E-state index is 0.120. The molecule has 0 aliphatic carbocycles. The zero-order chi connectivity index (χ0) is 13.1. The number of nitro groups is 1. The Bertz CT molecular complexity index is 628. The average molecular weight is 264 g/mol. The van der Waals surface area contributed by atoms with E-state index in [4.69, 9.17) is 11.6 Å². The lowest BCUT2D eigenvalue weighted by molar-refractivity contribution is -0.384. The van der Waals surface area contributed by atoms with Gasteiger partial charge in [0, 0.05) is 11.9 Å². The summed E-state index contributed by atoms with van der Waals surface area (Å²) < 4.78 is 0. The monoisotopic (exact) mass is 263 g/mol. The van der Waals surface area contributed by atoms with Crippen molar-refractivity contribution < 1.29 is 4.92 Å². The number of rotatable bonds is 4. The van der Waals surface area contributed by atoms with Crippen LogP contribution in [-0.2, 0) is 0 Å². The average Bonchev–Trinajstić information content (AvgIpc) is 2.34. The van der Waals surface area contributed by atoms with Gasteiger partial charge < -0.3 is 5.32 Å². The van der Waals surface area contributed by atoms with Gasteiger partial charge in [-0.15, -0.1) is 6.58 Å². The Morgan fingerprint density at radius 2 is 2.22 bits per heavy atom. The Labute approximate surface area is 108 Å². The van der Waals surface area contributed by atoms with Crippen molar-refractivity contribution in [3.05, 3.63) is 52.2 Å². The fourth-order valence-electron chi connectivity index (χ4n) is 1.69. The number of nitrogens with zero attached hydrogens (tertiary/aromatic N) is 2. The van der Waals surface area contributed by atoms with Gasteiger partial charge in [0.15, 0.2) is 0 Å². The molecule has 0 spiro atoms. The normalized spacial score (nSPS) is 10.3. The van der Waals surface area contributed by atoms with Gasteiger partial charge in [-0.1, -0.05) is 35.9 Å². The second kappa shape index (κ2) is 5.01. The largest absolute Gasteiger partial charge is 0.375 e. The van der Waals surface area contributed by atoms with Crippen LogP contribution >= 0.6 is 11.6 Å². The Morgan fingerprint density at radius 1 is 1.50 bits per heavy atom. The molecule has 0 saturated carbocycles. The molecule has 1 aromatic heterocycles. The van der Waals surface area contributed by atoms with E-state index in [0.717, 1.165) is 0 Å². The van der Waals surface area contributed by atoms with Crippen molar-refractivity contribution in [1.29, 1.82) is 0 Å². The van der Waals surface area contributed by atoms with Gasteiger partial charge in [-0.2, -0.15) is 0 Å². The minimum Gasteiger partial charge on any atom is -0.375 e. The minimum atomic E-state index is -0.535. The second-order valence-corrected chi connectivity index (χ2v) is 3.93. The van der Waals surface area contributed by atoms with Gasteiger partial charge in [0.1, 0.15) is 5.69 Å². The van der Waals surface area contributed by atoms with Crippen molar-refractivity contribution in [3.8, 4) is 0 Å².